The molecule has 2 aromatic heterocycles. The summed E-state index contributed by atoms with van der Waals surface area (Å²) < 4.78 is 0.965. The van der Waals surface area contributed by atoms with E-state index in [1.54, 1.807) is 6.20 Å². The fourth-order valence-corrected chi connectivity index (χ4v) is 2.55. The monoisotopic (exact) mass is 332 g/mol. The minimum absolute atomic E-state index is 0.185. The molecule has 0 aliphatic rings. The first kappa shape index (κ1) is 12.9. The zero-order chi connectivity index (χ0) is 14.1. The minimum Gasteiger partial charge on any atom is -0.366 e. The van der Waals surface area contributed by atoms with E-state index in [4.69, 9.17) is 0 Å². The Morgan fingerprint density at radius 1 is 1.25 bits per heavy atom. The van der Waals surface area contributed by atoms with Crippen LogP contribution in [0.3, 0.4) is 0 Å². The lowest BCUT2D eigenvalue weighted by atomic mass is 10.2. The molecule has 0 saturated heterocycles. The molecule has 3 rings (SSSR count). The van der Waals surface area contributed by atoms with Crippen LogP contribution in [0.5, 0.6) is 0 Å². The maximum Gasteiger partial charge on any atom is 0.323 e. The number of H-pyrrole nitrogens is 2. The van der Waals surface area contributed by atoms with Crippen molar-refractivity contribution >= 4 is 32.8 Å². The SMILES string of the molecule is Cc1cc(Br)cnc1NCc1ccc2[nH]c(=O)[nH]c2c1. The summed E-state index contributed by atoms with van der Waals surface area (Å²) in [5.41, 5.74) is 3.61. The lowest BCUT2D eigenvalue weighted by Gasteiger charge is -2.08. The van der Waals surface area contributed by atoms with Crippen molar-refractivity contribution < 1.29 is 0 Å². The molecule has 3 aromatic rings. The summed E-state index contributed by atoms with van der Waals surface area (Å²) in [5, 5.41) is 3.29. The summed E-state index contributed by atoms with van der Waals surface area (Å²) in [7, 11) is 0. The van der Waals surface area contributed by atoms with Crippen molar-refractivity contribution in [2.75, 3.05) is 5.32 Å². The molecule has 0 amide bonds. The number of benzene rings is 1. The zero-order valence-electron chi connectivity index (χ0n) is 10.8. The van der Waals surface area contributed by atoms with Gasteiger partial charge < -0.3 is 15.3 Å². The van der Waals surface area contributed by atoms with Crippen molar-refractivity contribution in [2.45, 2.75) is 13.5 Å². The number of anilines is 1. The van der Waals surface area contributed by atoms with Gasteiger partial charge in [0.05, 0.1) is 11.0 Å². The van der Waals surface area contributed by atoms with E-state index in [2.05, 4.69) is 36.2 Å². The lowest BCUT2D eigenvalue weighted by Crippen LogP contribution is -2.03. The van der Waals surface area contributed by atoms with E-state index in [0.29, 0.717) is 6.54 Å². The van der Waals surface area contributed by atoms with Crippen molar-refractivity contribution in [1.29, 1.82) is 0 Å². The van der Waals surface area contributed by atoms with E-state index in [9.17, 15) is 4.79 Å². The fourth-order valence-electron chi connectivity index (χ4n) is 2.10. The highest BCUT2D eigenvalue weighted by Gasteiger charge is 2.03. The number of nitrogens with one attached hydrogen (secondary N) is 3. The van der Waals surface area contributed by atoms with Crippen LogP contribution in [-0.2, 0) is 6.54 Å². The lowest BCUT2D eigenvalue weighted by molar-refractivity contribution is 1.10. The number of aryl methyl sites for hydroxylation is 1. The largest absolute Gasteiger partial charge is 0.366 e. The number of aromatic amines is 2. The molecule has 0 unspecified atom stereocenters. The van der Waals surface area contributed by atoms with Crippen LogP contribution >= 0.6 is 15.9 Å². The highest BCUT2D eigenvalue weighted by molar-refractivity contribution is 9.10. The number of hydrogen-bond donors (Lipinski definition) is 3. The van der Waals surface area contributed by atoms with Gasteiger partial charge in [-0.15, -0.1) is 0 Å². The maximum absolute atomic E-state index is 11.2. The maximum atomic E-state index is 11.2. The normalized spacial score (nSPS) is 10.9. The smallest absolute Gasteiger partial charge is 0.323 e. The Kier molecular flexibility index (Phi) is 3.31. The molecule has 0 saturated carbocycles. The van der Waals surface area contributed by atoms with Crippen molar-refractivity contribution in [3.05, 3.63) is 56.5 Å². The van der Waals surface area contributed by atoms with Gasteiger partial charge in [0.15, 0.2) is 0 Å². The second-order valence-electron chi connectivity index (χ2n) is 4.63. The quantitative estimate of drug-likeness (QED) is 0.690. The number of aromatic nitrogens is 3. The van der Waals surface area contributed by atoms with Gasteiger partial charge in [0.25, 0.3) is 0 Å². The third-order valence-corrected chi connectivity index (χ3v) is 3.52. The van der Waals surface area contributed by atoms with Crippen molar-refractivity contribution in [2.24, 2.45) is 0 Å². The molecule has 0 bridgehead atoms. The Morgan fingerprint density at radius 3 is 2.85 bits per heavy atom. The predicted octanol–water partition coefficient (Wildman–Crippen LogP) is 2.93. The molecule has 102 valence electrons. The van der Waals surface area contributed by atoms with Gasteiger partial charge in [-0.05, 0) is 52.2 Å². The Bertz CT molecular complexity index is 821. The number of nitrogens with zero attached hydrogens (tertiary/aromatic N) is 1. The van der Waals surface area contributed by atoms with E-state index in [1.165, 1.54) is 0 Å². The van der Waals surface area contributed by atoms with Gasteiger partial charge in [-0.1, -0.05) is 6.07 Å². The number of imidazole rings is 1. The van der Waals surface area contributed by atoms with Gasteiger partial charge in [0, 0.05) is 17.2 Å². The molecule has 0 aliphatic carbocycles. The van der Waals surface area contributed by atoms with E-state index < -0.39 is 0 Å². The first-order valence-electron chi connectivity index (χ1n) is 6.19. The summed E-state index contributed by atoms with van der Waals surface area (Å²) in [4.78, 5) is 21.0. The second-order valence-corrected chi connectivity index (χ2v) is 5.55. The molecule has 0 aliphatic heterocycles. The molecule has 5 nitrogen and oxygen atoms in total. The van der Waals surface area contributed by atoms with Gasteiger partial charge in [-0.3, -0.25) is 0 Å². The molecular weight excluding hydrogens is 320 g/mol. The van der Waals surface area contributed by atoms with E-state index >= 15 is 0 Å². The minimum atomic E-state index is -0.185. The molecule has 0 radical (unpaired) electrons. The van der Waals surface area contributed by atoms with Crippen LogP contribution in [0.1, 0.15) is 11.1 Å². The van der Waals surface area contributed by atoms with Crippen molar-refractivity contribution in [3.8, 4) is 0 Å². The average molecular weight is 333 g/mol. The van der Waals surface area contributed by atoms with Crippen molar-refractivity contribution in [3.63, 3.8) is 0 Å². The summed E-state index contributed by atoms with van der Waals surface area (Å²) in [5.74, 6) is 0.857. The van der Waals surface area contributed by atoms with Crippen LogP contribution in [0.2, 0.25) is 0 Å². The van der Waals surface area contributed by atoms with Crippen LogP contribution in [0.4, 0.5) is 5.82 Å². The van der Waals surface area contributed by atoms with Gasteiger partial charge in [-0.2, -0.15) is 0 Å². The van der Waals surface area contributed by atoms with Gasteiger partial charge in [0.2, 0.25) is 0 Å². The molecule has 3 N–H and O–H groups in total. The predicted molar refractivity (Wildman–Crippen MR) is 82.9 cm³/mol. The number of halogens is 1. The van der Waals surface area contributed by atoms with Crippen LogP contribution in [0.15, 0.2) is 39.7 Å². The number of rotatable bonds is 3. The second kappa shape index (κ2) is 5.13. The zero-order valence-corrected chi connectivity index (χ0v) is 12.4. The van der Waals surface area contributed by atoms with Crippen LogP contribution in [0, 0.1) is 6.92 Å². The van der Waals surface area contributed by atoms with Gasteiger partial charge >= 0.3 is 5.69 Å². The first-order valence-corrected chi connectivity index (χ1v) is 6.98. The van der Waals surface area contributed by atoms with E-state index in [-0.39, 0.29) is 5.69 Å². The highest BCUT2D eigenvalue weighted by atomic mass is 79.9. The third-order valence-electron chi connectivity index (χ3n) is 3.09. The van der Waals surface area contributed by atoms with Gasteiger partial charge in [0.1, 0.15) is 5.82 Å². The molecule has 20 heavy (non-hydrogen) atoms. The van der Waals surface area contributed by atoms with E-state index in [1.807, 2.05) is 31.2 Å². The molecular formula is C14H13BrN4O. The summed E-state index contributed by atoms with van der Waals surface area (Å²) in [6.45, 7) is 2.66. The third kappa shape index (κ3) is 2.60. The molecule has 6 heteroatoms. The number of hydrogen-bond acceptors (Lipinski definition) is 3. The highest BCUT2D eigenvalue weighted by Crippen LogP contribution is 2.18. The van der Waals surface area contributed by atoms with E-state index in [0.717, 1.165) is 32.5 Å². The van der Waals surface area contributed by atoms with Crippen LogP contribution in [0.25, 0.3) is 11.0 Å². The summed E-state index contributed by atoms with van der Waals surface area (Å²) >= 11 is 3.39. The Hall–Kier alpha value is -2.08. The molecule has 2 heterocycles. The Balaban J connectivity index is 1.80. The fraction of sp³-hybridized carbons (Fsp3) is 0.143. The molecule has 0 spiro atoms. The molecule has 0 fully saturated rings. The first-order chi connectivity index (χ1) is 9.61. The Morgan fingerprint density at radius 2 is 2.05 bits per heavy atom. The van der Waals surface area contributed by atoms with Crippen LogP contribution < -0.4 is 11.0 Å². The molecule has 1 aromatic carbocycles. The number of fused-ring (bicyclic) bond motifs is 1. The van der Waals surface area contributed by atoms with Crippen LogP contribution in [-0.4, -0.2) is 15.0 Å². The summed E-state index contributed by atoms with van der Waals surface area (Å²) in [6.07, 6.45) is 1.77. The summed E-state index contributed by atoms with van der Waals surface area (Å²) in [6, 6.07) is 7.84. The van der Waals surface area contributed by atoms with Crippen molar-refractivity contribution in [1.82, 2.24) is 15.0 Å². The number of pyridine rings is 1. The average Bonchev–Trinajstić information content (AvgIpc) is 2.77. The Labute approximate surface area is 123 Å². The standard InChI is InChI=1S/C14H13BrN4O/c1-8-4-10(15)7-17-13(8)16-6-9-2-3-11-12(5-9)19-14(20)18-11/h2-5,7H,6H2,1H3,(H,16,17)(H2,18,19,20). The topological polar surface area (TPSA) is 73.6 Å². The van der Waals surface area contributed by atoms with Gasteiger partial charge in [-0.25, -0.2) is 9.78 Å². The molecule has 0 atom stereocenters.